The Bertz CT molecular complexity index is 420. The maximum Gasteiger partial charge on any atom is 0.336 e. The second-order valence-electron chi connectivity index (χ2n) is 3.46. The van der Waals surface area contributed by atoms with E-state index in [-0.39, 0.29) is 16.7 Å². The van der Waals surface area contributed by atoms with Gasteiger partial charge in [0.25, 0.3) is 0 Å². The summed E-state index contributed by atoms with van der Waals surface area (Å²) in [6, 6.07) is 6.68. The molecule has 0 saturated carbocycles. The van der Waals surface area contributed by atoms with Gasteiger partial charge in [0, 0.05) is 11.4 Å². The number of benzene rings is 1. The number of carbonyl (C=O) groups excluding carboxylic acids is 1. The minimum Gasteiger partial charge on any atom is -0.478 e. The minimum atomic E-state index is -0.976. The van der Waals surface area contributed by atoms with Crippen LogP contribution >= 0.6 is 11.8 Å². The summed E-state index contributed by atoms with van der Waals surface area (Å²) in [5, 5.41) is 11.4. The first-order valence-electron chi connectivity index (χ1n) is 5.33. The van der Waals surface area contributed by atoms with Crippen LogP contribution in [0.15, 0.2) is 29.2 Å². The highest BCUT2D eigenvalue weighted by molar-refractivity contribution is 8.00. The number of thioether (sulfide) groups is 1. The fourth-order valence-electron chi connectivity index (χ4n) is 1.31. The van der Waals surface area contributed by atoms with E-state index in [0.717, 1.165) is 0 Å². The van der Waals surface area contributed by atoms with Crippen LogP contribution in [0, 0.1) is 0 Å². The summed E-state index contributed by atoms with van der Waals surface area (Å²) in [6.45, 7) is 4.18. The van der Waals surface area contributed by atoms with Crippen LogP contribution in [0.5, 0.6) is 0 Å². The molecule has 1 aromatic carbocycles. The van der Waals surface area contributed by atoms with Crippen LogP contribution in [0.2, 0.25) is 0 Å². The Morgan fingerprint density at radius 1 is 1.41 bits per heavy atom. The van der Waals surface area contributed by atoms with E-state index < -0.39 is 5.97 Å². The van der Waals surface area contributed by atoms with Crippen molar-refractivity contribution in [1.29, 1.82) is 0 Å². The molecule has 0 aliphatic heterocycles. The highest BCUT2D eigenvalue weighted by Gasteiger charge is 2.17. The molecular formula is C12H15NO3S. The van der Waals surface area contributed by atoms with Crippen molar-refractivity contribution in [2.24, 2.45) is 0 Å². The van der Waals surface area contributed by atoms with Crippen LogP contribution in [-0.2, 0) is 4.79 Å². The SMILES string of the molecule is CCNC(=O)C(C)Sc1ccccc1C(=O)O. The Balaban J connectivity index is 2.81. The lowest BCUT2D eigenvalue weighted by Crippen LogP contribution is -2.30. The molecular weight excluding hydrogens is 238 g/mol. The van der Waals surface area contributed by atoms with Gasteiger partial charge in [-0.15, -0.1) is 11.8 Å². The summed E-state index contributed by atoms with van der Waals surface area (Å²) in [6.07, 6.45) is 0. The lowest BCUT2D eigenvalue weighted by molar-refractivity contribution is -0.120. The first kappa shape index (κ1) is 13.6. The lowest BCUT2D eigenvalue weighted by atomic mass is 10.2. The quantitative estimate of drug-likeness (QED) is 0.788. The molecule has 0 bridgehead atoms. The molecule has 0 aromatic heterocycles. The third kappa shape index (κ3) is 3.78. The van der Waals surface area contributed by atoms with Gasteiger partial charge in [0.2, 0.25) is 5.91 Å². The van der Waals surface area contributed by atoms with E-state index in [2.05, 4.69) is 5.32 Å². The van der Waals surface area contributed by atoms with E-state index in [9.17, 15) is 9.59 Å². The van der Waals surface area contributed by atoms with Crippen LogP contribution in [0.3, 0.4) is 0 Å². The summed E-state index contributed by atoms with van der Waals surface area (Å²) in [5.41, 5.74) is 0.230. The zero-order valence-electron chi connectivity index (χ0n) is 9.77. The maximum absolute atomic E-state index is 11.5. The molecule has 1 amide bonds. The molecule has 1 atom stereocenters. The highest BCUT2D eigenvalue weighted by atomic mass is 32.2. The minimum absolute atomic E-state index is 0.0855. The van der Waals surface area contributed by atoms with Crippen molar-refractivity contribution < 1.29 is 14.7 Å². The first-order chi connectivity index (χ1) is 8.06. The Kier molecular flexibility index (Phi) is 5.03. The van der Waals surface area contributed by atoms with E-state index in [1.54, 1.807) is 25.1 Å². The molecule has 0 fully saturated rings. The van der Waals surface area contributed by atoms with Gasteiger partial charge in [-0.2, -0.15) is 0 Å². The van der Waals surface area contributed by atoms with Crippen molar-refractivity contribution in [2.45, 2.75) is 24.0 Å². The second kappa shape index (κ2) is 6.30. The van der Waals surface area contributed by atoms with Crippen molar-refractivity contribution in [1.82, 2.24) is 5.32 Å². The van der Waals surface area contributed by atoms with E-state index in [0.29, 0.717) is 11.4 Å². The molecule has 4 nitrogen and oxygen atoms in total. The largest absolute Gasteiger partial charge is 0.478 e. The van der Waals surface area contributed by atoms with Crippen LogP contribution in [0.25, 0.3) is 0 Å². The van der Waals surface area contributed by atoms with Crippen LogP contribution < -0.4 is 5.32 Å². The number of aromatic carboxylic acids is 1. The summed E-state index contributed by atoms with van der Waals surface area (Å²) in [4.78, 5) is 23.1. The number of carbonyl (C=O) groups is 2. The molecule has 17 heavy (non-hydrogen) atoms. The molecule has 1 rings (SSSR count). The number of rotatable bonds is 5. The van der Waals surface area contributed by atoms with E-state index in [4.69, 9.17) is 5.11 Å². The zero-order chi connectivity index (χ0) is 12.8. The van der Waals surface area contributed by atoms with Gasteiger partial charge >= 0.3 is 5.97 Å². The molecule has 5 heteroatoms. The monoisotopic (exact) mass is 253 g/mol. The van der Waals surface area contributed by atoms with Crippen molar-refractivity contribution in [3.05, 3.63) is 29.8 Å². The van der Waals surface area contributed by atoms with Gasteiger partial charge in [-0.05, 0) is 26.0 Å². The van der Waals surface area contributed by atoms with Crippen LogP contribution in [0.4, 0.5) is 0 Å². The Hall–Kier alpha value is -1.49. The molecule has 92 valence electrons. The zero-order valence-corrected chi connectivity index (χ0v) is 10.6. The van der Waals surface area contributed by atoms with Crippen LogP contribution in [-0.4, -0.2) is 28.8 Å². The van der Waals surface area contributed by atoms with Crippen molar-refractivity contribution in [3.8, 4) is 0 Å². The number of hydrogen-bond donors (Lipinski definition) is 2. The van der Waals surface area contributed by atoms with E-state index in [1.807, 2.05) is 6.92 Å². The molecule has 0 heterocycles. The number of carboxylic acids is 1. The number of carboxylic acid groups (broad SMARTS) is 1. The van der Waals surface area contributed by atoms with Gasteiger partial charge in [0.15, 0.2) is 0 Å². The summed E-state index contributed by atoms with van der Waals surface area (Å²) in [7, 11) is 0. The van der Waals surface area contributed by atoms with Gasteiger partial charge in [0.1, 0.15) is 0 Å². The van der Waals surface area contributed by atoms with Gasteiger partial charge in [-0.3, -0.25) is 4.79 Å². The average molecular weight is 253 g/mol. The average Bonchev–Trinajstić information content (AvgIpc) is 2.29. The molecule has 0 aliphatic rings. The smallest absolute Gasteiger partial charge is 0.336 e. The molecule has 2 N–H and O–H groups in total. The molecule has 0 spiro atoms. The molecule has 1 unspecified atom stereocenters. The Labute approximate surface area is 104 Å². The summed E-state index contributed by atoms with van der Waals surface area (Å²) >= 11 is 1.25. The standard InChI is InChI=1S/C12H15NO3S/c1-3-13-11(14)8(2)17-10-7-5-4-6-9(10)12(15)16/h4-8H,3H2,1-2H3,(H,13,14)(H,15,16). The van der Waals surface area contributed by atoms with E-state index in [1.165, 1.54) is 17.8 Å². The number of amides is 1. The fraction of sp³-hybridized carbons (Fsp3) is 0.333. The van der Waals surface area contributed by atoms with Gasteiger partial charge < -0.3 is 10.4 Å². The Morgan fingerprint density at radius 2 is 2.06 bits per heavy atom. The maximum atomic E-state index is 11.5. The summed E-state index contributed by atoms with van der Waals surface area (Å²) in [5.74, 6) is -1.06. The second-order valence-corrected chi connectivity index (χ2v) is 4.84. The highest BCUT2D eigenvalue weighted by Crippen LogP contribution is 2.26. The number of nitrogens with one attached hydrogen (secondary N) is 1. The molecule has 0 radical (unpaired) electrons. The summed E-state index contributed by atoms with van der Waals surface area (Å²) < 4.78 is 0. The predicted octanol–water partition coefficient (Wildman–Crippen LogP) is 2.00. The third-order valence-corrected chi connectivity index (χ3v) is 3.32. The predicted molar refractivity (Wildman–Crippen MR) is 67.4 cm³/mol. The number of hydrogen-bond acceptors (Lipinski definition) is 3. The van der Waals surface area contributed by atoms with Crippen molar-refractivity contribution in [3.63, 3.8) is 0 Å². The van der Waals surface area contributed by atoms with Gasteiger partial charge in [-0.25, -0.2) is 4.79 Å². The molecule has 0 saturated heterocycles. The van der Waals surface area contributed by atoms with Gasteiger partial charge in [-0.1, -0.05) is 12.1 Å². The van der Waals surface area contributed by atoms with Crippen LogP contribution in [0.1, 0.15) is 24.2 Å². The molecule has 1 aromatic rings. The lowest BCUT2D eigenvalue weighted by Gasteiger charge is -2.12. The normalized spacial score (nSPS) is 11.9. The third-order valence-electron chi connectivity index (χ3n) is 2.14. The first-order valence-corrected chi connectivity index (χ1v) is 6.21. The Morgan fingerprint density at radius 3 is 2.65 bits per heavy atom. The van der Waals surface area contributed by atoms with Crippen molar-refractivity contribution >= 4 is 23.6 Å². The fourth-order valence-corrected chi connectivity index (χ4v) is 2.32. The topological polar surface area (TPSA) is 66.4 Å². The molecule has 0 aliphatic carbocycles. The van der Waals surface area contributed by atoms with Crippen molar-refractivity contribution in [2.75, 3.05) is 6.54 Å². The van der Waals surface area contributed by atoms with E-state index >= 15 is 0 Å². The van der Waals surface area contributed by atoms with Gasteiger partial charge in [0.05, 0.1) is 10.8 Å².